The number of hydrogen-bond donors (Lipinski definition) is 2. The summed E-state index contributed by atoms with van der Waals surface area (Å²) in [7, 11) is 0. The van der Waals surface area contributed by atoms with E-state index in [1.807, 2.05) is 30.9 Å². The van der Waals surface area contributed by atoms with E-state index in [0.717, 1.165) is 48.6 Å². The lowest BCUT2D eigenvalue weighted by molar-refractivity contribution is -0.132. The number of carbonyl (C=O) groups excluding carboxylic acids is 1. The van der Waals surface area contributed by atoms with Gasteiger partial charge >= 0.3 is 0 Å². The molecule has 2 N–H and O–H groups in total. The van der Waals surface area contributed by atoms with Gasteiger partial charge in [0.05, 0.1) is 6.42 Å². The van der Waals surface area contributed by atoms with Crippen molar-refractivity contribution in [1.29, 1.82) is 0 Å². The molecule has 7 nitrogen and oxygen atoms in total. The minimum atomic E-state index is -0.286. The molecule has 1 aliphatic heterocycles. The van der Waals surface area contributed by atoms with Crippen molar-refractivity contribution < 1.29 is 9.18 Å². The average molecular weight is 423 g/mol. The summed E-state index contributed by atoms with van der Waals surface area (Å²) in [5.41, 5.74) is 2.77. The molecule has 1 saturated heterocycles. The Hall–Kier alpha value is -3.29. The van der Waals surface area contributed by atoms with E-state index in [4.69, 9.17) is 0 Å². The van der Waals surface area contributed by atoms with Gasteiger partial charge in [0.25, 0.3) is 0 Å². The van der Waals surface area contributed by atoms with E-state index in [2.05, 4.69) is 25.5 Å². The number of anilines is 2. The second kappa shape index (κ2) is 9.24. The van der Waals surface area contributed by atoms with Crippen molar-refractivity contribution in [2.45, 2.75) is 39.5 Å². The van der Waals surface area contributed by atoms with Gasteiger partial charge in [-0.2, -0.15) is 5.10 Å². The molecule has 1 aromatic carbocycles. The monoisotopic (exact) mass is 422 g/mol. The van der Waals surface area contributed by atoms with Gasteiger partial charge in [-0.25, -0.2) is 14.4 Å². The third kappa shape index (κ3) is 5.65. The lowest BCUT2D eigenvalue weighted by atomic mass is 9.92. The zero-order valence-electron chi connectivity index (χ0n) is 17.9. The van der Waals surface area contributed by atoms with Crippen LogP contribution >= 0.6 is 0 Å². The quantitative estimate of drug-likeness (QED) is 0.632. The average Bonchev–Trinajstić information content (AvgIpc) is 3.14. The first-order valence-corrected chi connectivity index (χ1v) is 10.6. The Kier molecular flexibility index (Phi) is 6.25. The van der Waals surface area contributed by atoms with Crippen LogP contribution in [-0.2, 0) is 17.6 Å². The van der Waals surface area contributed by atoms with Crippen LogP contribution in [0.1, 0.15) is 35.6 Å². The van der Waals surface area contributed by atoms with Crippen molar-refractivity contribution >= 4 is 17.5 Å². The van der Waals surface area contributed by atoms with Gasteiger partial charge in [0.15, 0.2) is 5.82 Å². The van der Waals surface area contributed by atoms with E-state index in [1.54, 1.807) is 12.1 Å². The number of nitrogens with zero attached hydrogens (tertiary/aromatic N) is 4. The summed E-state index contributed by atoms with van der Waals surface area (Å²) >= 11 is 0. The molecule has 2 aromatic heterocycles. The Labute approximate surface area is 181 Å². The maximum absolute atomic E-state index is 13.1. The molecule has 8 heteroatoms. The van der Waals surface area contributed by atoms with Crippen LogP contribution in [0.5, 0.6) is 0 Å². The zero-order chi connectivity index (χ0) is 21.8. The molecule has 1 aliphatic rings. The van der Waals surface area contributed by atoms with E-state index in [1.165, 1.54) is 12.1 Å². The van der Waals surface area contributed by atoms with Crippen LogP contribution in [0.4, 0.5) is 16.0 Å². The molecule has 0 radical (unpaired) electrons. The maximum Gasteiger partial charge on any atom is 0.226 e. The predicted molar refractivity (Wildman–Crippen MR) is 116 cm³/mol. The molecular weight excluding hydrogens is 395 g/mol. The van der Waals surface area contributed by atoms with Crippen LogP contribution in [0.2, 0.25) is 0 Å². The van der Waals surface area contributed by atoms with Gasteiger partial charge in [0.1, 0.15) is 17.5 Å². The Bertz CT molecular complexity index is 1050. The first-order chi connectivity index (χ1) is 14.9. The minimum absolute atomic E-state index is 0.0893. The van der Waals surface area contributed by atoms with Crippen LogP contribution in [0, 0.1) is 25.6 Å². The van der Waals surface area contributed by atoms with Crippen molar-refractivity contribution in [3.05, 3.63) is 65.0 Å². The van der Waals surface area contributed by atoms with Crippen LogP contribution in [0.15, 0.2) is 36.4 Å². The maximum atomic E-state index is 13.1. The van der Waals surface area contributed by atoms with Gasteiger partial charge in [-0.15, -0.1) is 0 Å². The first-order valence-electron chi connectivity index (χ1n) is 10.6. The van der Waals surface area contributed by atoms with E-state index < -0.39 is 0 Å². The second-order valence-electron chi connectivity index (χ2n) is 8.21. The third-order valence-corrected chi connectivity index (χ3v) is 5.49. The molecule has 31 heavy (non-hydrogen) atoms. The number of nitrogens with one attached hydrogen (secondary N) is 2. The van der Waals surface area contributed by atoms with Crippen molar-refractivity contribution in [2.24, 2.45) is 5.92 Å². The summed E-state index contributed by atoms with van der Waals surface area (Å²) < 4.78 is 13.1. The van der Waals surface area contributed by atoms with Gasteiger partial charge < -0.3 is 10.2 Å². The molecule has 3 heterocycles. The fourth-order valence-corrected chi connectivity index (χ4v) is 4.05. The lowest BCUT2D eigenvalue weighted by Gasteiger charge is -2.33. The molecule has 0 bridgehead atoms. The Morgan fingerprint density at radius 1 is 1.19 bits per heavy atom. The highest BCUT2D eigenvalue weighted by Crippen LogP contribution is 2.23. The standard InChI is InChI=1S/C23H27FN6O/c1-15-10-22(29-28-15)27-21-13-20(25-16(2)26-21)11-18-4-3-9-30(14-18)23(31)12-17-5-7-19(24)8-6-17/h5-8,10,13,18H,3-4,9,11-12,14H2,1-2H3,(H2,25,26,27,28,29)/t18-/m1/s1. The number of aryl methyl sites for hydroxylation is 2. The summed E-state index contributed by atoms with van der Waals surface area (Å²) in [6.45, 7) is 5.31. The number of H-pyrrole nitrogens is 1. The van der Waals surface area contributed by atoms with Crippen LogP contribution in [0.25, 0.3) is 0 Å². The lowest BCUT2D eigenvalue weighted by Crippen LogP contribution is -2.41. The number of hydrogen-bond acceptors (Lipinski definition) is 5. The van der Waals surface area contributed by atoms with E-state index in [0.29, 0.717) is 30.5 Å². The molecular formula is C23H27FN6O. The van der Waals surface area contributed by atoms with E-state index in [-0.39, 0.29) is 11.7 Å². The third-order valence-electron chi connectivity index (χ3n) is 5.49. The van der Waals surface area contributed by atoms with Crippen molar-refractivity contribution in [1.82, 2.24) is 25.1 Å². The Balaban J connectivity index is 1.38. The zero-order valence-corrected chi connectivity index (χ0v) is 17.9. The fraction of sp³-hybridized carbons (Fsp3) is 0.391. The Morgan fingerprint density at radius 2 is 2.00 bits per heavy atom. The molecule has 4 rings (SSSR count). The molecule has 1 atom stereocenters. The minimum Gasteiger partial charge on any atom is -0.342 e. The smallest absolute Gasteiger partial charge is 0.226 e. The largest absolute Gasteiger partial charge is 0.342 e. The molecule has 3 aromatic rings. The van der Waals surface area contributed by atoms with Crippen molar-refractivity contribution in [3.8, 4) is 0 Å². The highest BCUT2D eigenvalue weighted by molar-refractivity contribution is 5.78. The SMILES string of the molecule is Cc1nc(C[C@H]2CCCN(C(=O)Cc3ccc(F)cc3)C2)cc(Nc2cc(C)[nH]n2)n1. The van der Waals surface area contributed by atoms with Crippen LogP contribution in [0.3, 0.4) is 0 Å². The predicted octanol–water partition coefficient (Wildman–Crippen LogP) is 3.72. The van der Waals surface area contributed by atoms with Gasteiger partial charge in [0, 0.05) is 36.6 Å². The fourth-order valence-electron chi connectivity index (χ4n) is 4.05. The number of piperidine rings is 1. The molecule has 0 saturated carbocycles. The van der Waals surface area contributed by atoms with Gasteiger partial charge in [-0.05, 0) is 56.7 Å². The second-order valence-corrected chi connectivity index (χ2v) is 8.21. The number of carbonyl (C=O) groups is 1. The number of benzene rings is 1. The molecule has 0 spiro atoms. The molecule has 1 fully saturated rings. The summed E-state index contributed by atoms with van der Waals surface area (Å²) in [6.07, 6.45) is 3.13. The van der Waals surface area contributed by atoms with E-state index in [9.17, 15) is 9.18 Å². The first kappa shape index (κ1) is 21.0. The number of amides is 1. The summed E-state index contributed by atoms with van der Waals surface area (Å²) in [5.74, 6) is 2.29. The van der Waals surface area contributed by atoms with E-state index >= 15 is 0 Å². The summed E-state index contributed by atoms with van der Waals surface area (Å²) in [4.78, 5) is 23.7. The molecule has 0 unspecified atom stereocenters. The number of aromatic nitrogens is 4. The van der Waals surface area contributed by atoms with Crippen molar-refractivity contribution in [2.75, 3.05) is 18.4 Å². The van der Waals surface area contributed by atoms with Gasteiger partial charge in [0.2, 0.25) is 5.91 Å². The number of rotatable bonds is 6. The highest BCUT2D eigenvalue weighted by atomic mass is 19.1. The topological polar surface area (TPSA) is 86.8 Å². The van der Waals surface area contributed by atoms with Crippen molar-refractivity contribution in [3.63, 3.8) is 0 Å². The molecule has 1 amide bonds. The normalized spacial score (nSPS) is 16.4. The summed E-state index contributed by atoms with van der Waals surface area (Å²) in [5, 5.41) is 10.3. The van der Waals surface area contributed by atoms with Crippen LogP contribution < -0.4 is 5.32 Å². The molecule has 162 valence electrons. The number of aromatic amines is 1. The van der Waals surface area contributed by atoms with Gasteiger partial charge in [-0.1, -0.05) is 12.1 Å². The number of halogens is 1. The van der Waals surface area contributed by atoms with Crippen LogP contribution in [-0.4, -0.2) is 44.1 Å². The Morgan fingerprint density at radius 3 is 2.74 bits per heavy atom. The highest BCUT2D eigenvalue weighted by Gasteiger charge is 2.24. The van der Waals surface area contributed by atoms with Gasteiger partial charge in [-0.3, -0.25) is 9.89 Å². The molecule has 0 aliphatic carbocycles. The summed E-state index contributed by atoms with van der Waals surface area (Å²) in [6, 6.07) is 10.0. The number of likely N-dealkylation sites (tertiary alicyclic amines) is 1.